The normalized spacial score (nSPS) is 18.5. The molecule has 0 aromatic heterocycles. The van der Waals surface area contributed by atoms with E-state index in [1.807, 2.05) is 49.2 Å². The molecular weight excluding hydrogens is 326 g/mol. The molecular formula is C21H23N3O2. The average Bonchev–Trinajstić information content (AvgIpc) is 3.15. The number of benzene rings is 2. The Hall–Kier alpha value is -2.82. The molecule has 0 bridgehead atoms. The Morgan fingerprint density at radius 3 is 2.73 bits per heavy atom. The van der Waals surface area contributed by atoms with Crippen molar-refractivity contribution in [2.45, 2.75) is 32.5 Å². The molecule has 2 aromatic carbocycles. The molecule has 1 N–H and O–H groups in total. The van der Waals surface area contributed by atoms with Gasteiger partial charge >= 0.3 is 0 Å². The molecule has 0 aliphatic carbocycles. The van der Waals surface area contributed by atoms with Crippen LogP contribution in [-0.4, -0.2) is 36.5 Å². The maximum atomic E-state index is 12.7. The van der Waals surface area contributed by atoms with Crippen LogP contribution in [0, 0.1) is 6.92 Å². The van der Waals surface area contributed by atoms with Gasteiger partial charge in [-0.2, -0.15) is 0 Å². The average molecular weight is 349 g/mol. The summed E-state index contributed by atoms with van der Waals surface area (Å²) < 4.78 is 0. The van der Waals surface area contributed by atoms with Crippen molar-refractivity contribution in [2.75, 3.05) is 18.5 Å². The second-order valence-electron chi connectivity index (χ2n) is 7.13. The van der Waals surface area contributed by atoms with Crippen molar-refractivity contribution in [3.63, 3.8) is 0 Å². The number of hydrogen-bond donors (Lipinski definition) is 1. The molecule has 1 fully saturated rings. The number of nitrogens with one attached hydrogen (secondary N) is 1. The molecule has 4 rings (SSSR count). The summed E-state index contributed by atoms with van der Waals surface area (Å²) in [6, 6.07) is 13.5. The lowest BCUT2D eigenvalue weighted by Gasteiger charge is -2.40. The molecule has 2 aliphatic rings. The Morgan fingerprint density at radius 1 is 1.19 bits per heavy atom. The SMILES string of the molecule is Cc1ccc(CNC(=O)c2ccc3c(c2)N(C)C2CCCN2C3=O)cc1. The lowest BCUT2D eigenvalue weighted by molar-refractivity contribution is 0.0719. The van der Waals surface area contributed by atoms with Crippen molar-refractivity contribution in [3.05, 3.63) is 64.7 Å². The number of anilines is 1. The summed E-state index contributed by atoms with van der Waals surface area (Å²) in [5, 5.41) is 2.96. The zero-order valence-corrected chi connectivity index (χ0v) is 15.2. The molecule has 2 heterocycles. The number of carbonyl (C=O) groups is 2. The highest BCUT2D eigenvalue weighted by Gasteiger charge is 2.38. The van der Waals surface area contributed by atoms with Crippen molar-refractivity contribution < 1.29 is 9.59 Å². The van der Waals surface area contributed by atoms with E-state index in [2.05, 4.69) is 10.2 Å². The zero-order chi connectivity index (χ0) is 18.3. The number of fused-ring (bicyclic) bond motifs is 2. The Kier molecular flexibility index (Phi) is 4.15. The van der Waals surface area contributed by atoms with Gasteiger partial charge in [-0.3, -0.25) is 9.59 Å². The number of amides is 2. The first-order valence-corrected chi connectivity index (χ1v) is 9.06. The summed E-state index contributed by atoms with van der Waals surface area (Å²) in [6.45, 7) is 3.34. The van der Waals surface area contributed by atoms with E-state index in [0.717, 1.165) is 30.6 Å². The molecule has 0 radical (unpaired) electrons. The summed E-state index contributed by atoms with van der Waals surface area (Å²) in [5.41, 5.74) is 4.38. The van der Waals surface area contributed by atoms with E-state index in [-0.39, 0.29) is 18.0 Å². The van der Waals surface area contributed by atoms with E-state index >= 15 is 0 Å². The lowest BCUT2D eigenvalue weighted by Crippen LogP contribution is -2.50. The van der Waals surface area contributed by atoms with Crippen LogP contribution in [0.1, 0.15) is 44.7 Å². The molecule has 2 aromatic rings. The number of aryl methyl sites for hydroxylation is 1. The molecule has 1 saturated heterocycles. The first kappa shape index (κ1) is 16.6. The highest BCUT2D eigenvalue weighted by molar-refractivity contribution is 6.04. The van der Waals surface area contributed by atoms with Gasteiger partial charge in [0, 0.05) is 25.7 Å². The van der Waals surface area contributed by atoms with Gasteiger partial charge in [0.1, 0.15) is 6.17 Å². The quantitative estimate of drug-likeness (QED) is 0.927. The molecule has 5 heteroatoms. The number of rotatable bonds is 3. The van der Waals surface area contributed by atoms with Crippen LogP contribution in [-0.2, 0) is 6.54 Å². The minimum Gasteiger partial charge on any atom is -0.354 e. The predicted octanol–water partition coefficient (Wildman–Crippen LogP) is 2.94. The summed E-state index contributed by atoms with van der Waals surface area (Å²) >= 11 is 0. The molecule has 1 atom stereocenters. The minimum atomic E-state index is -0.122. The fourth-order valence-corrected chi connectivity index (χ4v) is 3.84. The maximum Gasteiger partial charge on any atom is 0.257 e. The van der Waals surface area contributed by atoms with Crippen LogP contribution in [0.15, 0.2) is 42.5 Å². The van der Waals surface area contributed by atoms with Crippen LogP contribution in [0.5, 0.6) is 0 Å². The topological polar surface area (TPSA) is 52.7 Å². The van der Waals surface area contributed by atoms with Crippen molar-refractivity contribution in [1.82, 2.24) is 10.2 Å². The van der Waals surface area contributed by atoms with Crippen molar-refractivity contribution in [2.24, 2.45) is 0 Å². The fraction of sp³-hybridized carbons (Fsp3) is 0.333. The van der Waals surface area contributed by atoms with Crippen LogP contribution in [0.3, 0.4) is 0 Å². The first-order chi connectivity index (χ1) is 12.5. The Morgan fingerprint density at radius 2 is 1.96 bits per heavy atom. The molecule has 5 nitrogen and oxygen atoms in total. The highest BCUT2D eigenvalue weighted by atomic mass is 16.2. The van der Waals surface area contributed by atoms with Gasteiger partial charge in [0.25, 0.3) is 11.8 Å². The summed E-state index contributed by atoms with van der Waals surface area (Å²) in [4.78, 5) is 29.3. The van der Waals surface area contributed by atoms with Crippen LogP contribution < -0.4 is 10.2 Å². The van der Waals surface area contributed by atoms with Crippen molar-refractivity contribution >= 4 is 17.5 Å². The Bertz CT molecular complexity index is 860. The van der Waals surface area contributed by atoms with E-state index < -0.39 is 0 Å². The van der Waals surface area contributed by atoms with Gasteiger partial charge in [-0.15, -0.1) is 0 Å². The molecule has 0 spiro atoms. The number of carbonyl (C=O) groups excluding carboxylic acids is 2. The third kappa shape index (κ3) is 2.83. The summed E-state index contributed by atoms with van der Waals surface area (Å²) in [7, 11) is 2.00. The van der Waals surface area contributed by atoms with Gasteiger partial charge in [0.05, 0.1) is 11.3 Å². The lowest BCUT2D eigenvalue weighted by atomic mass is 10.0. The maximum absolute atomic E-state index is 12.7. The molecule has 0 saturated carbocycles. The van der Waals surface area contributed by atoms with E-state index in [9.17, 15) is 9.59 Å². The zero-order valence-electron chi connectivity index (χ0n) is 15.2. The number of hydrogen-bond acceptors (Lipinski definition) is 3. The third-order valence-corrected chi connectivity index (χ3v) is 5.37. The largest absolute Gasteiger partial charge is 0.354 e. The van der Waals surface area contributed by atoms with E-state index in [1.54, 1.807) is 12.1 Å². The van der Waals surface area contributed by atoms with Crippen molar-refractivity contribution in [1.29, 1.82) is 0 Å². The van der Waals surface area contributed by atoms with E-state index in [4.69, 9.17) is 0 Å². The van der Waals surface area contributed by atoms with Gasteiger partial charge in [-0.1, -0.05) is 29.8 Å². The van der Waals surface area contributed by atoms with Gasteiger partial charge in [0.2, 0.25) is 0 Å². The molecule has 2 amide bonds. The van der Waals surface area contributed by atoms with Crippen molar-refractivity contribution in [3.8, 4) is 0 Å². The second-order valence-corrected chi connectivity index (χ2v) is 7.13. The van der Waals surface area contributed by atoms with Crippen LogP contribution in [0.4, 0.5) is 5.69 Å². The van der Waals surface area contributed by atoms with Gasteiger partial charge < -0.3 is 15.1 Å². The van der Waals surface area contributed by atoms with Crippen LogP contribution in [0.2, 0.25) is 0 Å². The molecule has 26 heavy (non-hydrogen) atoms. The highest BCUT2D eigenvalue weighted by Crippen LogP contribution is 2.35. The molecule has 1 unspecified atom stereocenters. The summed E-state index contributed by atoms with van der Waals surface area (Å²) in [6.07, 6.45) is 2.12. The Labute approximate surface area is 153 Å². The monoisotopic (exact) mass is 349 g/mol. The second kappa shape index (κ2) is 6.48. The standard InChI is InChI=1S/C21H23N3O2/c1-14-5-7-15(8-6-14)13-22-20(25)16-9-10-17-18(12-16)23(2)19-4-3-11-24(19)21(17)26/h5-10,12,19H,3-4,11,13H2,1-2H3,(H,22,25). The van der Waals surface area contributed by atoms with Crippen LogP contribution in [0.25, 0.3) is 0 Å². The summed E-state index contributed by atoms with van der Waals surface area (Å²) in [5.74, 6) is -0.0460. The molecule has 134 valence electrons. The van der Waals surface area contributed by atoms with E-state index in [0.29, 0.717) is 17.7 Å². The first-order valence-electron chi connectivity index (χ1n) is 9.06. The number of nitrogens with zero attached hydrogens (tertiary/aromatic N) is 2. The third-order valence-electron chi connectivity index (χ3n) is 5.37. The van der Waals surface area contributed by atoms with Crippen LogP contribution >= 0.6 is 0 Å². The van der Waals surface area contributed by atoms with Gasteiger partial charge in [-0.05, 0) is 43.5 Å². The minimum absolute atomic E-state index is 0.0761. The predicted molar refractivity (Wildman–Crippen MR) is 101 cm³/mol. The molecule has 2 aliphatic heterocycles. The van der Waals surface area contributed by atoms with E-state index in [1.165, 1.54) is 5.56 Å². The van der Waals surface area contributed by atoms with Gasteiger partial charge in [0.15, 0.2) is 0 Å². The van der Waals surface area contributed by atoms with Gasteiger partial charge in [-0.25, -0.2) is 0 Å². The smallest absolute Gasteiger partial charge is 0.257 e. The Balaban J connectivity index is 1.53. The fourth-order valence-electron chi connectivity index (χ4n) is 3.84.